The highest BCUT2D eigenvalue weighted by Crippen LogP contribution is 2.23. The van der Waals surface area contributed by atoms with Gasteiger partial charge in [-0.1, -0.05) is 6.07 Å². The Labute approximate surface area is 171 Å². The number of hydrogen-bond acceptors (Lipinski definition) is 8. The molecule has 13 heteroatoms. The predicted octanol–water partition coefficient (Wildman–Crippen LogP) is -0.700. The highest BCUT2D eigenvalue weighted by Gasteiger charge is 2.16. The summed E-state index contributed by atoms with van der Waals surface area (Å²) in [7, 11) is 1.22. The van der Waals surface area contributed by atoms with E-state index in [0.717, 1.165) is 20.1 Å². The van der Waals surface area contributed by atoms with Crippen LogP contribution < -0.4 is 17.0 Å². The lowest BCUT2D eigenvalue weighted by atomic mass is 10.1. The number of carbonyl (C=O) groups excluding carboxylic acids is 1. The largest absolute Gasteiger partial charge is 0.431 e. The Hall–Kier alpha value is -4.13. The molecular weight excluding hydrogens is 413 g/mol. The fourth-order valence-corrected chi connectivity index (χ4v) is 3.08. The van der Waals surface area contributed by atoms with Crippen LogP contribution in [0.15, 0.2) is 44.5 Å². The van der Waals surface area contributed by atoms with Gasteiger partial charge in [-0.05, 0) is 22.9 Å². The molecule has 0 fully saturated rings. The Morgan fingerprint density at radius 2 is 2.10 bits per heavy atom. The Bertz CT molecular complexity index is 1420. The molecule has 4 aromatic rings. The van der Waals surface area contributed by atoms with Gasteiger partial charge in [-0.3, -0.25) is 18.7 Å². The van der Waals surface area contributed by atoms with Crippen molar-refractivity contribution in [2.24, 2.45) is 12.8 Å². The number of halogens is 1. The summed E-state index contributed by atoms with van der Waals surface area (Å²) in [4.78, 5) is 36.7. The van der Waals surface area contributed by atoms with Gasteiger partial charge in [0.05, 0.1) is 13.1 Å². The van der Waals surface area contributed by atoms with Crippen molar-refractivity contribution in [1.82, 2.24) is 29.3 Å². The van der Waals surface area contributed by atoms with Gasteiger partial charge in [0.15, 0.2) is 5.82 Å². The van der Waals surface area contributed by atoms with Crippen LogP contribution in [0, 0.1) is 6.01 Å². The Kier molecular flexibility index (Phi) is 4.94. The summed E-state index contributed by atoms with van der Waals surface area (Å²) in [6, 6.07) is 5.20. The number of rotatable bonds is 6. The molecule has 0 aliphatic carbocycles. The van der Waals surface area contributed by atoms with Crippen molar-refractivity contribution < 1.29 is 18.7 Å². The van der Waals surface area contributed by atoms with E-state index in [9.17, 15) is 23.9 Å². The van der Waals surface area contributed by atoms with Crippen LogP contribution in [0.1, 0.15) is 27.8 Å². The summed E-state index contributed by atoms with van der Waals surface area (Å²) >= 11 is 0. The Morgan fingerprint density at radius 3 is 2.84 bits per heavy atom. The molecule has 4 rings (SSSR count). The Morgan fingerprint density at radius 1 is 1.32 bits per heavy atom. The summed E-state index contributed by atoms with van der Waals surface area (Å²) in [5.74, 6) is -0.862. The zero-order valence-corrected chi connectivity index (χ0v) is 16.1. The lowest BCUT2D eigenvalue weighted by Crippen LogP contribution is -2.42. The Balaban J connectivity index is 1.54. The summed E-state index contributed by atoms with van der Waals surface area (Å²) in [6.07, 6.45) is 0.0214. The van der Waals surface area contributed by atoms with E-state index in [0.29, 0.717) is 16.5 Å². The van der Waals surface area contributed by atoms with Crippen molar-refractivity contribution in [2.75, 3.05) is 0 Å². The number of amides is 1. The molecule has 1 aromatic carbocycles. The summed E-state index contributed by atoms with van der Waals surface area (Å²) in [5, 5.41) is 22.7. The molecule has 0 saturated heterocycles. The van der Waals surface area contributed by atoms with Gasteiger partial charge in [-0.2, -0.15) is 9.19 Å². The molecule has 160 valence electrons. The second-order valence-electron chi connectivity index (χ2n) is 6.81. The number of aliphatic hydroxyl groups is 1. The number of nitrogens with zero attached hydrogens (tertiary/aromatic N) is 6. The maximum Gasteiger partial charge on any atom is 0.331 e. The fourth-order valence-electron chi connectivity index (χ4n) is 3.08. The maximum absolute atomic E-state index is 13.2. The number of hydrogen-bond donors (Lipinski definition) is 2. The minimum atomic E-state index is -1.02. The average molecular weight is 429 g/mol. The number of primary amides is 1. The van der Waals surface area contributed by atoms with Crippen LogP contribution in [0.2, 0.25) is 0 Å². The third-order valence-electron chi connectivity index (χ3n) is 4.66. The van der Waals surface area contributed by atoms with Crippen molar-refractivity contribution in [3.05, 3.63) is 74.3 Å². The number of aromatic nitrogens is 6. The number of nitrogens with two attached hydrogens (primary N) is 1. The maximum atomic E-state index is 13.2. The summed E-state index contributed by atoms with van der Waals surface area (Å²) < 4.78 is 19.9. The first-order valence-corrected chi connectivity index (χ1v) is 8.97. The minimum Gasteiger partial charge on any atom is -0.431 e. The zero-order valence-electron chi connectivity index (χ0n) is 16.1. The van der Waals surface area contributed by atoms with Crippen LogP contribution in [0.3, 0.4) is 0 Å². The summed E-state index contributed by atoms with van der Waals surface area (Å²) in [6.45, 7) is -0.239. The van der Waals surface area contributed by atoms with Crippen LogP contribution in [-0.2, 0) is 20.1 Å². The number of fused-ring (bicyclic) bond motifs is 1. The van der Waals surface area contributed by atoms with Crippen molar-refractivity contribution in [1.29, 1.82) is 0 Å². The topological polar surface area (TPSA) is 164 Å². The molecule has 0 bridgehead atoms. The first-order chi connectivity index (χ1) is 14.7. The number of furan rings is 1. The van der Waals surface area contributed by atoms with E-state index < -0.39 is 29.3 Å². The van der Waals surface area contributed by atoms with Crippen molar-refractivity contribution in [3.8, 4) is 0 Å². The molecule has 31 heavy (non-hydrogen) atoms. The lowest BCUT2D eigenvalue weighted by Gasteiger charge is -2.09. The molecule has 1 amide bonds. The van der Waals surface area contributed by atoms with Crippen molar-refractivity contribution >= 4 is 16.9 Å². The van der Waals surface area contributed by atoms with Crippen molar-refractivity contribution in [2.45, 2.75) is 19.2 Å². The molecule has 0 aliphatic rings. The number of benzene rings is 1. The van der Waals surface area contributed by atoms with Gasteiger partial charge < -0.3 is 15.3 Å². The first kappa shape index (κ1) is 20.2. The van der Waals surface area contributed by atoms with Crippen LogP contribution >= 0.6 is 0 Å². The minimum absolute atomic E-state index is 0.0620. The van der Waals surface area contributed by atoms with Gasteiger partial charge in [0.1, 0.15) is 17.3 Å². The van der Waals surface area contributed by atoms with Gasteiger partial charge in [0.2, 0.25) is 0 Å². The van der Waals surface area contributed by atoms with Gasteiger partial charge in [-0.25, -0.2) is 4.79 Å². The van der Waals surface area contributed by atoms with E-state index in [-0.39, 0.29) is 24.5 Å². The zero-order chi connectivity index (χ0) is 22.3. The van der Waals surface area contributed by atoms with Gasteiger partial charge in [0.25, 0.3) is 17.5 Å². The molecule has 0 aliphatic heterocycles. The highest BCUT2D eigenvalue weighted by atomic mass is 19.1. The quantitative estimate of drug-likeness (QED) is 0.406. The average Bonchev–Trinajstić information content (AvgIpc) is 3.32. The van der Waals surface area contributed by atoms with E-state index in [1.807, 2.05) is 0 Å². The molecule has 3 N–H and O–H groups in total. The van der Waals surface area contributed by atoms with E-state index in [1.54, 1.807) is 18.2 Å². The molecule has 3 heterocycles. The van der Waals surface area contributed by atoms with Crippen molar-refractivity contribution in [3.63, 3.8) is 0 Å². The van der Waals surface area contributed by atoms with Gasteiger partial charge in [-0.15, -0.1) is 10.2 Å². The second kappa shape index (κ2) is 7.60. The fraction of sp³-hybridized carbons (Fsp3) is 0.222. The smallest absolute Gasteiger partial charge is 0.331 e. The van der Waals surface area contributed by atoms with Crippen LogP contribution in [0.5, 0.6) is 0 Å². The SMILES string of the molecule is Cn1c(=O)c(C(N)=O)cn(Cc2nnn(C[C@H](O)c3ccc4oc(F)cc4c3)n2)c1=O. The molecule has 0 unspecified atom stereocenters. The summed E-state index contributed by atoms with van der Waals surface area (Å²) in [5.41, 5.74) is 4.18. The van der Waals surface area contributed by atoms with Gasteiger partial charge in [0, 0.05) is 24.7 Å². The standard InChI is InChI=1S/C18H16FN7O5/c1-24-17(29)11(16(20)28)6-25(18(24)30)8-15-21-23-26(22-15)7-12(27)9-2-3-13-10(4-9)5-14(19)31-13/h2-6,12,27H,7-8H2,1H3,(H2,20,28)/t12-/m0/s1. The normalized spacial score (nSPS) is 12.4. The molecule has 12 nitrogen and oxygen atoms in total. The molecule has 1 atom stereocenters. The monoisotopic (exact) mass is 429 g/mol. The second-order valence-corrected chi connectivity index (χ2v) is 6.81. The molecular formula is C18H16FN7O5. The van der Waals surface area contributed by atoms with Gasteiger partial charge >= 0.3 is 5.69 Å². The van der Waals surface area contributed by atoms with E-state index in [1.165, 1.54) is 13.1 Å². The third-order valence-corrected chi connectivity index (χ3v) is 4.66. The molecule has 0 spiro atoms. The van der Waals surface area contributed by atoms with E-state index in [4.69, 9.17) is 10.2 Å². The van der Waals surface area contributed by atoms with Crippen LogP contribution in [-0.4, -0.2) is 40.4 Å². The molecule has 3 aromatic heterocycles. The van der Waals surface area contributed by atoms with Crippen LogP contribution in [0.25, 0.3) is 11.0 Å². The van der Waals surface area contributed by atoms with E-state index >= 15 is 0 Å². The molecule has 0 radical (unpaired) electrons. The molecule has 0 saturated carbocycles. The predicted molar refractivity (Wildman–Crippen MR) is 103 cm³/mol. The highest BCUT2D eigenvalue weighted by molar-refractivity contribution is 5.92. The van der Waals surface area contributed by atoms with Crippen LogP contribution in [0.4, 0.5) is 4.39 Å². The number of carbonyl (C=O) groups is 1. The number of tetrazole rings is 1. The lowest BCUT2D eigenvalue weighted by molar-refractivity contribution is 0.0997. The third kappa shape index (κ3) is 3.85. The number of aliphatic hydroxyl groups excluding tert-OH is 1. The van der Waals surface area contributed by atoms with E-state index in [2.05, 4.69) is 15.4 Å². The first-order valence-electron chi connectivity index (χ1n) is 8.97.